The Labute approximate surface area is 161 Å². The smallest absolute Gasteiger partial charge is 0.119 e. The maximum Gasteiger partial charge on any atom is 0.119 e. The van der Waals surface area contributed by atoms with E-state index in [1.54, 1.807) is 7.11 Å². The molecule has 3 aromatic rings. The molecule has 0 saturated carbocycles. The number of aliphatic hydroxyl groups is 1. The predicted molar refractivity (Wildman–Crippen MR) is 109 cm³/mol. The molecule has 1 N–H and O–H groups in total. The van der Waals surface area contributed by atoms with E-state index in [1.165, 1.54) is 35.7 Å². The zero-order chi connectivity index (χ0) is 18.8. The van der Waals surface area contributed by atoms with Crippen LogP contribution in [0.4, 0.5) is 0 Å². The quantitative estimate of drug-likeness (QED) is 0.735. The fraction of sp³-hybridized carbons (Fsp3) is 0.391. The van der Waals surface area contributed by atoms with Gasteiger partial charge in [0.25, 0.3) is 0 Å². The van der Waals surface area contributed by atoms with E-state index in [9.17, 15) is 5.11 Å². The SMILES string of the molecule is COc1ccc([C@@H](O)c2c(CN3CCCCC3)c3ccccc3n2C)cc1. The van der Waals surface area contributed by atoms with Crippen LogP contribution in [0, 0.1) is 0 Å². The monoisotopic (exact) mass is 364 g/mol. The zero-order valence-electron chi connectivity index (χ0n) is 16.2. The fourth-order valence-corrected chi connectivity index (χ4v) is 4.29. The van der Waals surface area contributed by atoms with Crippen molar-refractivity contribution in [2.24, 2.45) is 7.05 Å². The van der Waals surface area contributed by atoms with Crippen molar-refractivity contribution in [3.63, 3.8) is 0 Å². The van der Waals surface area contributed by atoms with E-state index in [2.05, 4.69) is 40.8 Å². The number of nitrogens with zero attached hydrogens (tertiary/aromatic N) is 2. The van der Waals surface area contributed by atoms with E-state index in [1.807, 2.05) is 24.3 Å². The lowest BCUT2D eigenvalue weighted by Gasteiger charge is -2.27. The van der Waals surface area contributed by atoms with Gasteiger partial charge in [-0.25, -0.2) is 0 Å². The molecular weight excluding hydrogens is 336 g/mol. The van der Waals surface area contributed by atoms with Crippen LogP contribution in [0.5, 0.6) is 5.75 Å². The number of ether oxygens (including phenoxy) is 1. The van der Waals surface area contributed by atoms with Crippen molar-refractivity contribution in [2.75, 3.05) is 20.2 Å². The average molecular weight is 364 g/mol. The highest BCUT2D eigenvalue weighted by Crippen LogP contribution is 2.34. The topological polar surface area (TPSA) is 37.6 Å². The number of hydrogen-bond acceptors (Lipinski definition) is 3. The molecule has 0 amide bonds. The minimum Gasteiger partial charge on any atom is -0.497 e. The normalized spacial score (nSPS) is 16.6. The summed E-state index contributed by atoms with van der Waals surface area (Å²) in [6, 6.07) is 16.2. The standard InChI is InChI=1S/C23H28N2O2/c1-24-21-9-5-4-8-19(21)20(16-25-14-6-3-7-15-25)22(24)23(26)17-10-12-18(27-2)13-11-17/h4-5,8-13,23,26H,3,6-7,14-16H2,1-2H3/t23-/m1/s1. The molecule has 0 aliphatic carbocycles. The Bertz CT molecular complexity index is 908. The second-order valence-electron chi connectivity index (χ2n) is 7.45. The molecule has 1 fully saturated rings. The van der Waals surface area contributed by atoms with Crippen molar-refractivity contribution in [1.29, 1.82) is 0 Å². The first-order chi connectivity index (χ1) is 13.2. The van der Waals surface area contributed by atoms with E-state index in [0.29, 0.717) is 0 Å². The van der Waals surface area contributed by atoms with Gasteiger partial charge < -0.3 is 14.4 Å². The molecule has 142 valence electrons. The van der Waals surface area contributed by atoms with E-state index in [4.69, 9.17) is 4.74 Å². The Balaban J connectivity index is 1.77. The lowest BCUT2D eigenvalue weighted by atomic mass is 10.0. The Morgan fingerprint density at radius 1 is 1.00 bits per heavy atom. The van der Waals surface area contributed by atoms with Crippen LogP contribution in [0.3, 0.4) is 0 Å². The summed E-state index contributed by atoms with van der Waals surface area (Å²) in [7, 11) is 3.72. The van der Waals surface area contributed by atoms with Crippen LogP contribution in [-0.4, -0.2) is 34.8 Å². The maximum absolute atomic E-state index is 11.3. The van der Waals surface area contributed by atoms with E-state index in [0.717, 1.165) is 36.6 Å². The number of methoxy groups -OCH3 is 1. The number of fused-ring (bicyclic) bond motifs is 1. The van der Waals surface area contributed by atoms with Crippen molar-refractivity contribution in [3.8, 4) is 5.75 Å². The highest BCUT2D eigenvalue weighted by atomic mass is 16.5. The van der Waals surface area contributed by atoms with Gasteiger partial charge in [-0.05, 0) is 55.3 Å². The third-order valence-electron chi connectivity index (χ3n) is 5.78. The molecule has 4 rings (SSSR count). The van der Waals surface area contributed by atoms with Gasteiger partial charge in [0.1, 0.15) is 11.9 Å². The molecule has 1 atom stereocenters. The number of hydrogen-bond donors (Lipinski definition) is 1. The molecule has 27 heavy (non-hydrogen) atoms. The van der Waals surface area contributed by atoms with Gasteiger partial charge in [-0.15, -0.1) is 0 Å². The number of likely N-dealkylation sites (tertiary alicyclic amines) is 1. The first-order valence-electron chi connectivity index (χ1n) is 9.79. The van der Waals surface area contributed by atoms with Crippen molar-refractivity contribution in [2.45, 2.75) is 31.9 Å². The number of benzene rings is 2. The van der Waals surface area contributed by atoms with Crippen LogP contribution in [0.2, 0.25) is 0 Å². The molecule has 2 heterocycles. The zero-order valence-corrected chi connectivity index (χ0v) is 16.2. The van der Waals surface area contributed by atoms with Crippen LogP contribution in [0.1, 0.15) is 42.2 Å². The van der Waals surface area contributed by atoms with Crippen LogP contribution in [0.25, 0.3) is 10.9 Å². The number of aromatic nitrogens is 1. The summed E-state index contributed by atoms with van der Waals surface area (Å²) in [5.41, 5.74) is 4.30. The van der Waals surface area contributed by atoms with Gasteiger partial charge in [-0.2, -0.15) is 0 Å². The molecule has 0 bridgehead atoms. The predicted octanol–water partition coefficient (Wildman–Crippen LogP) is 4.25. The van der Waals surface area contributed by atoms with Crippen LogP contribution < -0.4 is 4.74 Å². The summed E-state index contributed by atoms with van der Waals surface area (Å²) < 4.78 is 7.41. The minimum absolute atomic E-state index is 0.659. The van der Waals surface area contributed by atoms with Crippen molar-refractivity contribution < 1.29 is 9.84 Å². The summed E-state index contributed by atoms with van der Waals surface area (Å²) in [6.07, 6.45) is 3.20. The van der Waals surface area contributed by atoms with Crippen molar-refractivity contribution >= 4 is 10.9 Å². The summed E-state index contributed by atoms with van der Waals surface area (Å²) in [4.78, 5) is 2.52. The van der Waals surface area contributed by atoms with Gasteiger partial charge in [-0.3, -0.25) is 4.90 Å². The summed E-state index contributed by atoms with van der Waals surface area (Å²) in [6.45, 7) is 3.17. The molecule has 1 aromatic heterocycles. The number of aryl methyl sites for hydroxylation is 1. The van der Waals surface area contributed by atoms with Gasteiger partial charge in [0.15, 0.2) is 0 Å². The molecule has 2 aromatic carbocycles. The van der Waals surface area contributed by atoms with Crippen molar-refractivity contribution in [3.05, 3.63) is 65.4 Å². The number of rotatable bonds is 5. The van der Waals surface area contributed by atoms with Gasteiger partial charge >= 0.3 is 0 Å². The maximum atomic E-state index is 11.3. The Morgan fingerprint density at radius 2 is 1.70 bits per heavy atom. The molecule has 0 radical (unpaired) electrons. The lowest BCUT2D eigenvalue weighted by Crippen LogP contribution is -2.29. The summed E-state index contributed by atoms with van der Waals surface area (Å²) in [5.74, 6) is 0.802. The van der Waals surface area contributed by atoms with Gasteiger partial charge in [0.05, 0.1) is 12.8 Å². The largest absolute Gasteiger partial charge is 0.497 e. The van der Waals surface area contributed by atoms with Gasteiger partial charge in [0, 0.05) is 24.5 Å². The highest BCUT2D eigenvalue weighted by molar-refractivity contribution is 5.85. The molecule has 4 heteroatoms. The Morgan fingerprint density at radius 3 is 2.41 bits per heavy atom. The average Bonchev–Trinajstić information content (AvgIpc) is 3.00. The first-order valence-corrected chi connectivity index (χ1v) is 9.79. The third kappa shape index (κ3) is 3.47. The second kappa shape index (κ2) is 7.75. The number of para-hydroxylation sites is 1. The van der Waals surface area contributed by atoms with Crippen LogP contribution in [-0.2, 0) is 13.6 Å². The van der Waals surface area contributed by atoms with E-state index >= 15 is 0 Å². The third-order valence-corrected chi connectivity index (χ3v) is 5.78. The van der Waals surface area contributed by atoms with Crippen LogP contribution >= 0.6 is 0 Å². The van der Waals surface area contributed by atoms with E-state index in [-0.39, 0.29) is 0 Å². The molecule has 1 saturated heterocycles. The summed E-state index contributed by atoms with van der Waals surface area (Å²) >= 11 is 0. The van der Waals surface area contributed by atoms with E-state index < -0.39 is 6.10 Å². The summed E-state index contributed by atoms with van der Waals surface area (Å²) in [5, 5.41) is 12.5. The van der Waals surface area contributed by atoms with Crippen LogP contribution in [0.15, 0.2) is 48.5 Å². The second-order valence-corrected chi connectivity index (χ2v) is 7.45. The molecular formula is C23H28N2O2. The molecule has 1 aliphatic rings. The molecule has 0 spiro atoms. The highest BCUT2D eigenvalue weighted by Gasteiger charge is 2.24. The Hall–Kier alpha value is -2.30. The number of aliphatic hydroxyl groups excluding tert-OH is 1. The molecule has 0 unspecified atom stereocenters. The fourth-order valence-electron chi connectivity index (χ4n) is 4.29. The van der Waals surface area contributed by atoms with Gasteiger partial charge in [-0.1, -0.05) is 36.8 Å². The number of piperidine rings is 1. The lowest BCUT2D eigenvalue weighted by molar-refractivity contribution is 0.199. The van der Waals surface area contributed by atoms with Crippen molar-refractivity contribution in [1.82, 2.24) is 9.47 Å². The molecule has 4 nitrogen and oxygen atoms in total. The minimum atomic E-state index is -0.659. The van der Waals surface area contributed by atoms with Gasteiger partial charge in [0.2, 0.25) is 0 Å². The molecule has 1 aliphatic heterocycles. The first kappa shape index (κ1) is 18.1. The Kier molecular flexibility index (Phi) is 5.19.